The molecule has 1 nitrogen and oxygen atoms in total. The van der Waals surface area contributed by atoms with Gasteiger partial charge in [0.05, 0.1) is 5.60 Å². The summed E-state index contributed by atoms with van der Waals surface area (Å²) in [4.78, 5) is 0. The molecule has 0 spiro atoms. The highest BCUT2D eigenvalue weighted by Gasteiger charge is 2.07. The van der Waals surface area contributed by atoms with E-state index in [1.54, 1.807) is 19.1 Å². The van der Waals surface area contributed by atoms with Gasteiger partial charge < -0.3 is 5.11 Å². The SMILES string of the molecule is C=CC(C)(O)/C=C/C. The molecule has 0 bridgehead atoms. The van der Waals surface area contributed by atoms with E-state index in [-0.39, 0.29) is 0 Å². The first-order valence-corrected chi connectivity index (χ1v) is 2.62. The average molecular weight is 112 g/mol. The number of hydrogen-bond acceptors (Lipinski definition) is 1. The molecule has 8 heavy (non-hydrogen) atoms. The van der Waals surface area contributed by atoms with Gasteiger partial charge in [0.15, 0.2) is 0 Å². The lowest BCUT2D eigenvalue weighted by atomic mass is 10.1. The predicted molar refractivity (Wildman–Crippen MR) is 35.6 cm³/mol. The Hall–Kier alpha value is -0.560. The van der Waals surface area contributed by atoms with E-state index in [2.05, 4.69) is 6.58 Å². The Morgan fingerprint density at radius 1 is 1.62 bits per heavy atom. The molecule has 0 saturated heterocycles. The van der Waals surface area contributed by atoms with Crippen LogP contribution in [-0.4, -0.2) is 10.7 Å². The normalized spacial score (nSPS) is 18.4. The minimum atomic E-state index is -0.825. The fraction of sp³-hybridized carbons (Fsp3) is 0.429. The monoisotopic (exact) mass is 112 g/mol. The minimum absolute atomic E-state index is 0.825. The number of aliphatic hydroxyl groups is 1. The summed E-state index contributed by atoms with van der Waals surface area (Å²) in [6.07, 6.45) is 4.97. The van der Waals surface area contributed by atoms with E-state index in [0.29, 0.717) is 0 Å². The molecule has 0 heterocycles. The van der Waals surface area contributed by atoms with Gasteiger partial charge in [-0.05, 0) is 13.8 Å². The smallest absolute Gasteiger partial charge is 0.0977 e. The van der Waals surface area contributed by atoms with Gasteiger partial charge in [-0.1, -0.05) is 24.8 Å². The summed E-state index contributed by atoms with van der Waals surface area (Å²) in [5.41, 5.74) is -0.825. The summed E-state index contributed by atoms with van der Waals surface area (Å²) >= 11 is 0. The van der Waals surface area contributed by atoms with Crippen molar-refractivity contribution in [3.63, 3.8) is 0 Å². The van der Waals surface area contributed by atoms with E-state index in [9.17, 15) is 0 Å². The maximum atomic E-state index is 9.12. The number of hydrogen-bond donors (Lipinski definition) is 1. The van der Waals surface area contributed by atoms with Gasteiger partial charge in [0.2, 0.25) is 0 Å². The Morgan fingerprint density at radius 3 is 2.25 bits per heavy atom. The van der Waals surface area contributed by atoms with Gasteiger partial charge in [0.1, 0.15) is 0 Å². The minimum Gasteiger partial charge on any atom is -0.382 e. The summed E-state index contributed by atoms with van der Waals surface area (Å²) in [5, 5.41) is 9.12. The van der Waals surface area contributed by atoms with E-state index in [0.717, 1.165) is 0 Å². The molecule has 0 aliphatic rings. The Bertz CT molecular complexity index is 101. The zero-order valence-corrected chi connectivity index (χ0v) is 5.39. The van der Waals surface area contributed by atoms with E-state index in [4.69, 9.17) is 5.11 Å². The summed E-state index contributed by atoms with van der Waals surface area (Å²) in [5.74, 6) is 0. The molecule has 0 aliphatic carbocycles. The first-order chi connectivity index (χ1) is 3.62. The zero-order valence-electron chi connectivity index (χ0n) is 5.39. The number of rotatable bonds is 2. The third-order valence-electron chi connectivity index (χ3n) is 0.917. The number of allylic oxidation sites excluding steroid dienone is 1. The highest BCUT2D eigenvalue weighted by atomic mass is 16.3. The molecule has 0 aromatic carbocycles. The van der Waals surface area contributed by atoms with Crippen molar-refractivity contribution in [2.45, 2.75) is 19.4 Å². The Balaban J connectivity index is 3.90. The van der Waals surface area contributed by atoms with Crippen LogP contribution >= 0.6 is 0 Å². The van der Waals surface area contributed by atoms with Crippen molar-refractivity contribution in [1.82, 2.24) is 0 Å². The van der Waals surface area contributed by atoms with E-state index in [1.807, 2.05) is 6.92 Å². The molecular weight excluding hydrogens is 100 g/mol. The lowest BCUT2D eigenvalue weighted by Gasteiger charge is -2.10. The molecule has 0 saturated carbocycles. The Morgan fingerprint density at radius 2 is 2.12 bits per heavy atom. The van der Waals surface area contributed by atoms with E-state index < -0.39 is 5.60 Å². The van der Waals surface area contributed by atoms with Crippen molar-refractivity contribution in [2.75, 3.05) is 0 Å². The summed E-state index contributed by atoms with van der Waals surface area (Å²) in [7, 11) is 0. The summed E-state index contributed by atoms with van der Waals surface area (Å²) < 4.78 is 0. The molecule has 46 valence electrons. The molecule has 1 unspecified atom stereocenters. The third kappa shape index (κ3) is 2.59. The van der Waals surface area contributed by atoms with Gasteiger partial charge >= 0.3 is 0 Å². The fourth-order valence-electron chi connectivity index (χ4n) is 0.405. The average Bonchev–Trinajstić information content (AvgIpc) is 1.67. The van der Waals surface area contributed by atoms with Crippen LogP contribution in [0.15, 0.2) is 24.8 Å². The second kappa shape index (κ2) is 2.68. The summed E-state index contributed by atoms with van der Waals surface area (Å²) in [6, 6.07) is 0. The molecule has 1 atom stereocenters. The summed E-state index contributed by atoms with van der Waals surface area (Å²) in [6.45, 7) is 6.99. The van der Waals surface area contributed by atoms with Crippen LogP contribution < -0.4 is 0 Å². The first-order valence-electron chi connectivity index (χ1n) is 2.62. The third-order valence-corrected chi connectivity index (χ3v) is 0.917. The predicted octanol–water partition coefficient (Wildman–Crippen LogP) is 1.50. The van der Waals surface area contributed by atoms with Gasteiger partial charge in [0, 0.05) is 0 Å². The van der Waals surface area contributed by atoms with E-state index >= 15 is 0 Å². The molecule has 0 aromatic rings. The Labute approximate surface area is 50.3 Å². The molecular formula is C7H12O. The zero-order chi connectivity index (χ0) is 6.62. The van der Waals surface area contributed by atoms with Crippen LogP contribution in [0, 0.1) is 0 Å². The highest BCUT2D eigenvalue weighted by molar-refractivity contribution is 5.07. The van der Waals surface area contributed by atoms with Crippen LogP contribution in [0.3, 0.4) is 0 Å². The van der Waals surface area contributed by atoms with Crippen LogP contribution in [0.5, 0.6) is 0 Å². The van der Waals surface area contributed by atoms with Gasteiger partial charge in [-0.15, -0.1) is 0 Å². The van der Waals surface area contributed by atoms with Crippen molar-refractivity contribution in [2.24, 2.45) is 0 Å². The lowest BCUT2D eigenvalue weighted by Crippen LogP contribution is -2.15. The van der Waals surface area contributed by atoms with Crippen molar-refractivity contribution < 1.29 is 5.11 Å². The lowest BCUT2D eigenvalue weighted by molar-refractivity contribution is 0.164. The second-order valence-electron chi connectivity index (χ2n) is 1.93. The fourth-order valence-corrected chi connectivity index (χ4v) is 0.405. The molecule has 1 N–H and O–H groups in total. The standard InChI is InChI=1S/C7H12O/c1-4-6-7(3,8)5-2/h4-6,8H,2H2,1,3H3/b6-4+. The van der Waals surface area contributed by atoms with Crippen LogP contribution in [-0.2, 0) is 0 Å². The molecule has 0 aromatic heterocycles. The van der Waals surface area contributed by atoms with Gasteiger partial charge in [-0.25, -0.2) is 0 Å². The maximum Gasteiger partial charge on any atom is 0.0977 e. The van der Waals surface area contributed by atoms with Crippen molar-refractivity contribution in [3.05, 3.63) is 24.8 Å². The Kier molecular flexibility index (Phi) is 2.49. The molecule has 0 fully saturated rings. The van der Waals surface area contributed by atoms with Gasteiger partial charge in [-0.3, -0.25) is 0 Å². The van der Waals surface area contributed by atoms with Gasteiger partial charge in [-0.2, -0.15) is 0 Å². The highest BCUT2D eigenvalue weighted by Crippen LogP contribution is 2.04. The van der Waals surface area contributed by atoms with E-state index in [1.165, 1.54) is 6.08 Å². The van der Waals surface area contributed by atoms with Crippen LogP contribution in [0.1, 0.15) is 13.8 Å². The molecule has 1 heteroatoms. The topological polar surface area (TPSA) is 20.2 Å². The van der Waals surface area contributed by atoms with Crippen molar-refractivity contribution in [1.29, 1.82) is 0 Å². The maximum absolute atomic E-state index is 9.12. The largest absolute Gasteiger partial charge is 0.382 e. The molecule has 0 rings (SSSR count). The molecule has 0 aliphatic heterocycles. The van der Waals surface area contributed by atoms with Crippen molar-refractivity contribution in [3.8, 4) is 0 Å². The molecule has 0 radical (unpaired) electrons. The molecule has 0 amide bonds. The van der Waals surface area contributed by atoms with Crippen LogP contribution in [0.2, 0.25) is 0 Å². The van der Waals surface area contributed by atoms with Crippen molar-refractivity contribution >= 4 is 0 Å². The van der Waals surface area contributed by atoms with Gasteiger partial charge in [0.25, 0.3) is 0 Å². The first kappa shape index (κ1) is 7.44. The second-order valence-corrected chi connectivity index (χ2v) is 1.93. The van der Waals surface area contributed by atoms with Crippen LogP contribution in [0.4, 0.5) is 0 Å². The quantitative estimate of drug-likeness (QED) is 0.537. The van der Waals surface area contributed by atoms with Crippen LogP contribution in [0.25, 0.3) is 0 Å².